The Balaban J connectivity index is 0.00000264. The maximum atomic E-state index is 12.2. The summed E-state index contributed by atoms with van der Waals surface area (Å²) in [7, 11) is 0. The van der Waals surface area contributed by atoms with Gasteiger partial charge in [-0.2, -0.15) is 11.8 Å². The van der Waals surface area contributed by atoms with Gasteiger partial charge in [-0.1, -0.05) is 12.1 Å². The highest BCUT2D eigenvalue weighted by Crippen LogP contribution is 2.14. The summed E-state index contributed by atoms with van der Waals surface area (Å²) in [5.41, 5.74) is 7.11. The molecule has 0 bridgehead atoms. The van der Waals surface area contributed by atoms with Crippen LogP contribution in [0.15, 0.2) is 24.3 Å². The van der Waals surface area contributed by atoms with Gasteiger partial charge in [0, 0.05) is 36.7 Å². The maximum absolute atomic E-state index is 12.2. The van der Waals surface area contributed by atoms with Crippen molar-refractivity contribution >= 4 is 41.7 Å². The lowest BCUT2D eigenvalue weighted by Crippen LogP contribution is -2.38. The number of halogens is 1. The Kier molecular flexibility index (Phi) is 9.06. The smallest absolute Gasteiger partial charge is 0.227 e. The summed E-state index contributed by atoms with van der Waals surface area (Å²) in [6.45, 7) is 2.21. The number of nitrogens with zero attached hydrogens (tertiary/aromatic N) is 1. The highest BCUT2D eigenvalue weighted by Gasteiger charge is 2.16. The summed E-state index contributed by atoms with van der Waals surface area (Å²) in [6, 6.07) is 7.48. The average molecular weight is 358 g/mol. The van der Waals surface area contributed by atoms with E-state index < -0.39 is 0 Å². The lowest BCUT2D eigenvalue weighted by molar-refractivity contribution is -0.130. The molecule has 0 unspecified atom stereocenters. The predicted molar refractivity (Wildman–Crippen MR) is 98.2 cm³/mol. The Labute approximate surface area is 147 Å². The molecule has 128 valence electrons. The number of carbonyl (C=O) groups excluding carboxylic acids is 2. The van der Waals surface area contributed by atoms with E-state index in [4.69, 9.17) is 5.73 Å². The molecule has 0 spiro atoms. The summed E-state index contributed by atoms with van der Waals surface area (Å²) in [6.07, 6.45) is 1.54. The number of nitrogens with two attached hydrogens (primary N) is 1. The first kappa shape index (κ1) is 19.8. The van der Waals surface area contributed by atoms with Crippen LogP contribution in [0.3, 0.4) is 0 Å². The molecular formula is C16H24ClN3O2S. The minimum absolute atomic E-state index is 0. The molecule has 0 saturated carbocycles. The van der Waals surface area contributed by atoms with Crippen LogP contribution in [0.1, 0.15) is 18.4 Å². The van der Waals surface area contributed by atoms with E-state index in [2.05, 4.69) is 5.32 Å². The number of carbonyl (C=O) groups is 2. The van der Waals surface area contributed by atoms with Crippen molar-refractivity contribution in [3.63, 3.8) is 0 Å². The molecule has 23 heavy (non-hydrogen) atoms. The number of anilines is 1. The van der Waals surface area contributed by atoms with Crippen molar-refractivity contribution in [3.05, 3.63) is 29.8 Å². The SMILES string of the molecule is Cl.NCCCC(=O)Nc1ccc(CC(=O)N2CCSCC2)cc1. The molecule has 1 aliphatic rings. The van der Waals surface area contributed by atoms with Gasteiger partial charge in [-0.3, -0.25) is 9.59 Å². The van der Waals surface area contributed by atoms with E-state index in [9.17, 15) is 9.59 Å². The van der Waals surface area contributed by atoms with Crippen LogP contribution < -0.4 is 11.1 Å². The largest absolute Gasteiger partial charge is 0.341 e. The topological polar surface area (TPSA) is 75.4 Å². The van der Waals surface area contributed by atoms with Gasteiger partial charge in [-0.05, 0) is 30.7 Å². The van der Waals surface area contributed by atoms with Crippen LogP contribution in [0, 0.1) is 0 Å². The van der Waals surface area contributed by atoms with Crippen LogP contribution in [0.5, 0.6) is 0 Å². The Bertz CT molecular complexity index is 505. The van der Waals surface area contributed by atoms with Gasteiger partial charge in [0.05, 0.1) is 6.42 Å². The first-order valence-corrected chi connectivity index (χ1v) is 8.79. The van der Waals surface area contributed by atoms with E-state index in [0.717, 1.165) is 35.8 Å². The zero-order valence-electron chi connectivity index (χ0n) is 13.1. The van der Waals surface area contributed by atoms with Gasteiger partial charge >= 0.3 is 0 Å². The zero-order valence-corrected chi connectivity index (χ0v) is 14.8. The number of nitrogens with one attached hydrogen (secondary N) is 1. The molecule has 0 radical (unpaired) electrons. The fourth-order valence-electron chi connectivity index (χ4n) is 2.29. The average Bonchev–Trinajstić information content (AvgIpc) is 2.55. The summed E-state index contributed by atoms with van der Waals surface area (Å²) in [4.78, 5) is 25.7. The van der Waals surface area contributed by atoms with Crippen LogP contribution >= 0.6 is 24.2 Å². The number of hydrogen-bond donors (Lipinski definition) is 2. The summed E-state index contributed by atoms with van der Waals surface area (Å²) in [5, 5.41) is 2.83. The Hall–Kier alpha value is -1.24. The van der Waals surface area contributed by atoms with Gasteiger partial charge in [0.1, 0.15) is 0 Å². The van der Waals surface area contributed by atoms with E-state index in [1.807, 2.05) is 40.9 Å². The molecule has 0 aromatic heterocycles. The zero-order chi connectivity index (χ0) is 15.8. The monoisotopic (exact) mass is 357 g/mol. The van der Waals surface area contributed by atoms with E-state index in [1.54, 1.807) is 0 Å². The molecule has 0 atom stereocenters. The van der Waals surface area contributed by atoms with Crippen LogP contribution in [-0.2, 0) is 16.0 Å². The number of benzene rings is 1. The second-order valence-corrected chi connectivity index (χ2v) is 6.53. The molecule has 1 fully saturated rings. The van der Waals surface area contributed by atoms with E-state index in [1.165, 1.54) is 0 Å². The highest BCUT2D eigenvalue weighted by atomic mass is 35.5. The quantitative estimate of drug-likeness (QED) is 0.815. The first-order valence-electron chi connectivity index (χ1n) is 7.63. The predicted octanol–water partition coefficient (Wildman–Crippen LogP) is 1.90. The molecule has 0 aliphatic carbocycles. The summed E-state index contributed by atoms with van der Waals surface area (Å²) < 4.78 is 0. The fourth-order valence-corrected chi connectivity index (χ4v) is 3.19. The highest BCUT2D eigenvalue weighted by molar-refractivity contribution is 7.99. The second-order valence-electron chi connectivity index (χ2n) is 5.31. The maximum Gasteiger partial charge on any atom is 0.227 e. The second kappa shape index (κ2) is 10.5. The Morgan fingerprint density at radius 3 is 2.43 bits per heavy atom. The minimum Gasteiger partial charge on any atom is -0.341 e. The van der Waals surface area contributed by atoms with Gasteiger partial charge in [-0.25, -0.2) is 0 Å². The van der Waals surface area contributed by atoms with Gasteiger partial charge in [0.25, 0.3) is 0 Å². The molecule has 1 aliphatic heterocycles. The molecule has 1 aromatic carbocycles. The molecule has 7 heteroatoms. The molecule has 1 saturated heterocycles. The normalized spacial score (nSPS) is 14.0. The molecule has 5 nitrogen and oxygen atoms in total. The molecule has 2 rings (SSSR count). The Morgan fingerprint density at radius 2 is 1.83 bits per heavy atom. The molecule has 2 amide bonds. The van der Waals surface area contributed by atoms with Gasteiger partial charge in [0.2, 0.25) is 11.8 Å². The van der Waals surface area contributed by atoms with E-state index in [0.29, 0.717) is 25.8 Å². The van der Waals surface area contributed by atoms with Crippen LogP contribution in [0.2, 0.25) is 0 Å². The van der Waals surface area contributed by atoms with Crippen molar-refractivity contribution in [2.24, 2.45) is 5.73 Å². The van der Waals surface area contributed by atoms with Crippen molar-refractivity contribution in [2.45, 2.75) is 19.3 Å². The van der Waals surface area contributed by atoms with E-state index >= 15 is 0 Å². The van der Waals surface area contributed by atoms with Crippen molar-refractivity contribution in [3.8, 4) is 0 Å². The minimum atomic E-state index is -0.0277. The van der Waals surface area contributed by atoms with Crippen molar-refractivity contribution < 1.29 is 9.59 Å². The summed E-state index contributed by atoms with van der Waals surface area (Å²) in [5.74, 6) is 2.21. The third-order valence-electron chi connectivity index (χ3n) is 3.56. The summed E-state index contributed by atoms with van der Waals surface area (Å²) >= 11 is 1.89. The third-order valence-corrected chi connectivity index (χ3v) is 4.51. The standard InChI is InChI=1S/C16H23N3O2S.ClH/c17-7-1-2-15(20)18-14-5-3-13(4-6-14)12-16(21)19-8-10-22-11-9-19;/h3-6H,1-2,7-12,17H2,(H,18,20);1H. The van der Waals surface area contributed by atoms with Crippen LogP contribution in [0.4, 0.5) is 5.69 Å². The number of rotatable bonds is 6. The Morgan fingerprint density at radius 1 is 1.17 bits per heavy atom. The molecule has 1 aromatic rings. The number of amides is 2. The number of thioether (sulfide) groups is 1. The molecule has 1 heterocycles. The number of hydrogen-bond acceptors (Lipinski definition) is 4. The van der Waals surface area contributed by atoms with Crippen molar-refractivity contribution in [1.82, 2.24) is 4.90 Å². The van der Waals surface area contributed by atoms with Crippen molar-refractivity contribution in [2.75, 3.05) is 36.5 Å². The first-order chi connectivity index (χ1) is 10.7. The third kappa shape index (κ3) is 6.81. The lowest BCUT2D eigenvalue weighted by atomic mass is 10.1. The van der Waals surface area contributed by atoms with E-state index in [-0.39, 0.29) is 24.2 Å². The van der Waals surface area contributed by atoms with Gasteiger partial charge in [-0.15, -0.1) is 12.4 Å². The van der Waals surface area contributed by atoms with Gasteiger partial charge < -0.3 is 16.0 Å². The van der Waals surface area contributed by atoms with Crippen LogP contribution in [-0.4, -0.2) is 47.9 Å². The van der Waals surface area contributed by atoms with Gasteiger partial charge in [0.15, 0.2) is 0 Å². The van der Waals surface area contributed by atoms with Crippen LogP contribution in [0.25, 0.3) is 0 Å². The lowest BCUT2D eigenvalue weighted by Gasteiger charge is -2.26. The van der Waals surface area contributed by atoms with Crippen molar-refractivity contribution in [1.29, 1.82) is 0 Å². The fraction of sp³-hybridized carbons (Fsp3) is 0.500. The molecular weight excluding hydrogens is 334 g/mol. The molecule has 3 N–H and O–H groups in total.